The molecular formula is C15H16BrNO3. The molecule has 1 aliphatic heterocycles. The summed E-state index contributed by atoms with van der Waals surface area (Å²) in [7, 11) is 0. The second kappa shape index (κ2) is 6.22. The number of nitrogens with zero attached hydrogens (tertiary/aromatic N) is 1. The van der Waals surface area contributed by atoms with Gasteiger partial charge in [-0.3, -0.25) is 9.59 Å². The Morgan fingerprint density at radius 3 is 2.50 bits per heavy atom. The predicted molar refractivity (Wildman–Crippen MR) is 80.0 cm³/mol. The van der Waals surface area contributed by atoms with E-state index in [1.54, 1.807) is 17.9 Å². The molecule has 0 radical (unpaired) electrons. The number of amides is 1. The van der Waals surface area contributed by atoms with Crippen LogP contribution in [0.25, 0.3) is 6.08 Å². The molecule has 1 saturated heterocycles. The quantitative estimate of drug-likeness (QED) is 0.859. The third-order valence-electron chi connectivity index (χ3n) is 3.61. The molecule has 1 unspecified atom stereocenters. The van der Waals surface area contributed by atoms with Crippen LogP contribution in [0.2, 0.25) is 0 Å². The summed E-state index contributed by atoms with van der Waals surface area (Å²) in [6, 6.07) is 7.66. The first-order chi connectivity index (χ1) is 9.47. The molecule has 1 aromatic rings. The number of carbonyl (C=O) groups is 2. The second-order valence-corrected chi connectivity index (χ2v) is 5.93. The molecule has 1 aromatic carbocycles. The van der Waals surface area contributed by atoms with Crippen LogP contribution in [0.5, 0.6) is 0 Å². The number of halogens is 1. The van der Waals surface area contributed by atoms with Gasteiger partial charge in [0.25, 0.3) is 0 Å². The molecule has 106 valence electrons. The predicted octanol–water partition coefficient (Wildman–Crippen LogP) is 2.64. The fraction of sp³-hybridized carbons (Fsp3) is 0.333. The number of benzene rings is 1. The van der Waals surface area contributed by atoms with Gasteiger partial charge in [-0.15, -0.1) is 0 Å². The molecule has 1 atom stereocenters. The molecule has 5 heteroatoms. The maximum atomic E-state index is 11.9. The van der Waals surface area contributed by atoms with Crippen LogP contribution < -0.4 is 0 Å². The SMILES string of the molecule is CC(C(=O)O)C1CN(C(=O)/C=C/c2ccc(Br)cc2)C1. The number of carboxylic acids is 1. The Morgan fingerprint density at radius 1 is 1.35 bits per heavy atom. The highest BCUT2D eigenvalue weighted by Gasteiger charge is 2.36. The van der Waals surface area contributed by atoms with Crippen molar-refractivity contribution in [2.24, 2.45) is 11.8 Å². The van der Waals surface area contributed by atoms with Gasteiger partial charge in [0.1, 0.15) is 0 Å². The lowest BCUT2D eigenvalue weighted by atomic mass is 9.87. The van der Waals surface area contributed by atoms with Gasteiger partial charge >= 0.3 is 5.97 Å². The number of carboxylic acid groups (broad SMARTS) is 1. The average Bonchev–Trinajstić information content (AvgIpc) is 2.36. The zero-order valence-corrected chi connectivity index (χ0v) is 12.7. The summed E-state index contributed by atoms with van der Waals surface area (Å²) in [5.74, 6) is -1.19. The van der Waals surface area contributed by atoms with E-state index < -0.39 is 11.9 Å². The van der Waals surface area contributed by atoms with Crippen LogP contribution in [0.4, 0.5) is 0 Å². The van der Waals surface area contributed by atoms with Crippen LogP contribution in [0.3, 0.4) is 0 Å². The van der Waals surface area contributed by atoms with E-state index in [9.17, 15) is 9.59 Å². The summed E-state index contributed by atoms with van der Waals surface area (Å²) < 4.78 is 0.995. The lowest BCUT2D eigenvalue weighted by molar-refractivity contribution is -0.148. The van der Waals surface area contributed by atoms with Gasteiger partial charge in [0, 0.05) is 29.6 Å². The van der Waals surface area contributed by atoms with E-state index in [2.05, 4.69) is 15.9 Å². The van der Waals surface area contributed by atoms with Crippen LogP contribution in [0, 0.1) is 11.8 Å². The van der Waals surface area contributed by atoms with E-state index in [0.717, 1.165) is 10.0 Å². The van der Waals surface area contributed by atoms with E-state index in [1.807, 2.05) is 24.3 Å². The Bertz CT molecular complexity index is 533. The minimum atomic E-state index is -0.799. The van der Waals surface area contributed by atoms with Crippen molar-refractivity contribution < 1.29 is 14.7 Å². The molecule has 1 fully saturated rings. The molecule has 0 aliphatic carbocycles. The molecular weight excluding hydrogens is 322 g/mol. The van der Waals surface area contributed by atoms with Gasteiger partial charge < -0.3 is 10.0 Å². The van der Waals surface area contributed by atoms with Gasteiger partial charge in [-0.2, -0.15) is 0 Å². The van der Waals surface area contributed by atoms with Gasteiger partial charge in [-0.25, -0.2) is 0 Å². The van der Waals surface area contributed by atoms with Crippen molar-refractivity contribution in [1.82, 2.24) is 4.90 Å². The van der Waals surface area contributed by atoms with Gasteiger partial charge in [0.2, 0.25) is 5.91 Å². The lowest BCUT2D eigenvalue weighted by Crippen LogP contribution is -2.53. The number of rotatable bonds is 4. The highest BCUT2D eigenvalue weighted by atomic mass is 79.9. The normalized spacial score (nSPS) is 17.0. The third-order valence-corrected chi connectivity index (χ3v) is 4.14. The maximum Gasteiger partial charge on any atom is 0.306 e. The third kappa shape index (κ3) is 3.48. The summed E-state index contributed by atoms with van der Waals surface area (Å²) in [6.07, 6.45) is 3.30. The van der Waals surface area contributed by atoms with Crippen LogP contribution >= 0.6 is 15.9 Å². The molecule has 20 heavy (non-hydrogen) atoms. The fourth-order valence-electron chi connectivity index (χ4n) is 2.06. The molecule has 0 aromatic heterocycles. The number of aliphatic carboxylic acids is 1. The van der Waals surface area contributed by atoms with Gasteiger partial charge in [-0.05, 0) is 23.8 Å². The number of likely N-dealkylation sites (tertiary alicyclic amines) is 1. The lowest BCUT2D eigenvalue weighted by Gasteiger charge is -2.40. The number of carbonyl (C=O) groups excluding carboxylic acids is 1. The second-order valence-electron chi connectivity index (χ2n) is 5.02. The summed E-state index contributed by atoms with van der Waals surface area (Å²) in [6.45, 7) is 2.74. The van der Waals surface area contributed by atoms with Crippen molar-refractivity contribution in [3.05, 3.63) is 40.4 Å². The molecule has 0 bridgehead atoms. The zero-order chi connectivity index (χ0) is 14.7. The van der Waals surface area contributed by atoms with E-state index in [1.165, 1.54) is 6.08 Å². The standard InChI is InChI=1S/C15H16BrNO3/c1-10(15(19)20)12-8-17(9-12)14(18)7-4-11-2-5-13(16)6-3-11/h2-7,10,12H,8-9H2,1H3,(H,19,20)/b7-4+. The van der Waals surface area contributed by atoms with Crippen molar-refractivity contribution in [2.75, 3.05) is 13.1 Å². The van der Waals surface area contributed by atoms with Crippen molar-refractivity contribution in [2.45, 2.75) is 6.92 Å². The monoisotopic (exact) mass is 337 g/mol. The Labute approximate surface area is 126 Å². The molecule has 0 saturated carbocycles. The molecule has 0 spiro atoms. The smallest absolute Gasteiger partial charge is 0.306 e. The molecule has 1 amide bonds. The van der Waals surface area contributed by atoms with Crippen LogP contribution in [-0.4, -0.2) is 35.0 Å². The van der Waals surface area contributed by atoms with E-state index in [-0.39, 0.29) is 11.8 Å². The maximum absolute atomic E-state index is 11.9. The van der Waals surface area contributed by atoms with E-state index >= 15 is 0 Å². The topological polar surface area (TPSA) is 57.6 Å². The van der Waals surface area contributed by atoms with Crippen molar-refractivity contribution in [3.63, 3.8) is 0 Å². The Kier molecular flexibility index (Phi) is 4.60. The highest BCUT2D eigenvalue weighted by molar-refractivity contribution is 9.10. The highest BCUT2D eigenvalue weighted by Crippen LogP contribution is 2.24. The molecule has 1 heterocycles. The summed E-state index contributed by atoms with van der Waals surface area (Å²) >= 11 is 3.35. The molecule has 1 N–H and O–H groups in total. The zero-order valence-electron chi connectivity index (χ0n) is 11.1. The summed E-state index contributed by atoms with van der Waals surface area (Å²) in [5.41, 5.74) is 0.956. The van der Waals surface area contributed by atoms with Gasteiger partial charge in [0.15, 0.2) is 0 Å². The van der Waals surface area contributed by atoms with Crippen LogP contribution in [0.15, 0.2) is 34.8 Å². The van der Waals surface area contributed by atoms with Crippen LogP contribution in [0.1, 0.15) is 12.5 Å². The minimum Gasteiger partial charge on any atom is -0.481 e. The van der Waals surface area contributed by atoms with Crippen molar-refractivity contribution in [3.8, 4) is 0 Å². The number of hydrogen-bond acceptors (Lipinski definition) is 2. The van der Waals surface area contributed by atoms with E-state index in [4.69, 9.17) is 5.11 Å². The average molecular weight is 338 g/mol. The largest absolute Gasteiger partial charge is 0.481 e. The Hall–Kier alpha value is -1.62. The first-order valence-corrected chi connectivity index (χ1v) is 7.22. The van der Waals surface area contributed by atoms with Crippen molar-refractivity contribution >= 4 is 33.9 Å². The van der Waals surface area contributed by atoms with Gasteiger partial charge in [0.05, 0.1) is 5.92 Å². The number of hydrogen-bond donors (Lipinski definition) is 1. The van der Waals surface area contributed by atoms with Crippen LogP contribution in [-0.2, 0) is 9.59 Å². The van der Waals surface area contributed by atoms with Gasteiger partial charge in [-0.1, -0.05) is 35.0 Å². The van der Waals surface area contributed by atoms with E-state index in [0.29, 0.717) is 13.1 Å². The molecule has 2 rings (SSSR count). The Balaban J connectivity index is 1.85. The summed E-state index contributed by atoms with van der Waals surface area (Å²) in [4.78, 5) is 24.4. The minimum absolute atomic E-state index is 0.0672. The molecule has 4 nitrogen and oxygen atoms in total. The Morgan fingerprint density at radius 2 is 1.95 bits per heavy atom. The van der Waals surface area contributed by atoms with Crippen molar-refractivity contribution in [1.29, 1.82) is 0 Å². The fourth-order valence-corrected chi connectivity index (χ4v) is 2.32. The first kappa shape index (κ1) is 14.8. The first-order valence-electron chi connectivity index (χ1n) is 6.42. The molecule has 1 aliphatic rings. The summed E-state index contributed by atoms with van der Waals surface area (Å²) in [5, 5.41) is 8.90.